The Kier molecular flexibility index (Phi) is 5.36. The lowest BCUT2D eigenvalue weighted by Gasteiger charge is -2.36. The van der Waals surface area contributed by atoms with Gasteiger partial charge in [0.25, 0.3) is 0 Å². The number of nitrogens with one attached hydrogen (secondary N) is 1. The van der Waals surface area contributed by atoms with Gasteiger partial charge < -0.3 is 10.2 Å². The van der Waals surface area contributed by atoms with Crippen LogP contribution in [0.5, 0.6) is 0 Å². The topological polar surface area (TPSA) is 48.5 Å². The van der Waals surface area contributed by atoms with Crippen LogP contribution in [0, 0.1) is 18.6 Å². The predicted molar refractivity (Wildman–Crippen MR) is 98.3 cm³/mol. The average molecular weight is 362 g/mol. The average Bonchev–Trinajstić information content (AvgIpc) is 2.58. The van der Waals surface area contributed by atoms with Crippen molar-refractivity contribution in [3.63, 3.8) is 0 Å². The second-order valence-corrected chi connectivity index (χ2v) is 7.03. The van der Waals surface area contributed by atoms with Gasteiger partial charge in [0.05, 0.1) is 6.54 Å². The molecule has 0 spiro atoms. The fraction of sp³-hybridized carbons (Fsp3) is 0.474. The first-order valence-corrected chi connectivity index (χ1v) is 8.87. The maximum absolute atomic E-state index is 14.1. The number of anilines is 1. The molecule has 1 aromatic heterocycles. The van der Waals surface area contributed by atoms with Gasteiger partial charge in [-0.15, -0.1) is 0 Å². The fourth-order valence-electron chi connectivity index (χ4n) is 3.32. The lowest BCUT2D eigenvalue weighted by atomic mass is 10.1. The third-order valence-corrected chi connectivity index (χ3v) is 4.51. The molecule has 0 bridgehead atoms. The van der Waals surface area contributed by atoms with Gasteiger partial charge in [0.2, 0.25) is 5.91 Å². The van der Waals surface area contributed by atoms with Crippen molar-refractivity contribution in [3.8, 4) is 0 Å². The minimum Gasteiger partial charge on any atom is -0.368 e. The van der Waals surface area contributed by atoms with Crippen LogP contribution < -0.4 is 10.2 Å². The Balaban J connectivity index is 1.76. The van der Waals surface area contributed by atoms with E-state index >= 15 is 0 Å². The minimum atomic E-state index is -0.906. The van der Waals surface area contributed by atoms with Crippen molar-refractivity contribution in [2.75, 3.05) is 37.6 Å². The highest BCUT2D eigenvalue weighted by Gasteiger charge is 2.22. The first-order chi connectivity index (χ1) is 12.3. The van der Waals surface area contributed by atoms with E-state index < -0.39 is 11.6 Å². The Morgan fingerprint density at radius 1 is 1.23 bits per heavy atom. The van der Waals surface area contributed by atoms with Crippen molar-refractivity contribution >= 4 is 22.5 Å². The van der Waals surface area contributed by atoms with Crippen molar-refractivity contribution in [1.82, 2.24) is 15.2 Å². The third-order valence-electron chi connectivity index (χ3n) is 4.51. The highest BCUT2D eigenvalue weighted by atomic mass is 19.2. The quantitative estimate of drug-likeness (QED) is 0.908. The van der Waals surface area contributed by atoms with Crippen LogP contribution in [0.25, 0.3) is 10.9 Å². The molecule has 5 nitrogen and oxygen atoms in total. The molecule has 1 saturated heterocycles. The molecule has 2 heterocycles. The number of carbonyl (C=O) groups excluding carboxylic acids is 1. The van der Waals surface area contributed by atoms with E-state index in [1.807, 2.05) is 19.9 Å². The van der Waals surface area contributed by atoms with Crippen LogP contribution in [0.3, 0.4) is 0 Å². The molecule has 0 aliphatic carbocycles. The Morgan fingerprint density at radius 3 is 2.58 bits per heavy atom. The zero-order valence-corrected chi connectivity index (χ0v) is 15.4. The molecule has 1 amide bonds. The predicted octanol–water partition coefficient (Wildman–Crippen LogP) is 2.47. The molecule has 3 rings (SSSR count). The smallest absolute Gasteiger partial charge is 0.234 e. The van der Waals surface area contributed by atoms with Gasteiger partial charge in [-0.1, -0.05) is 0 Å². The molecule has 26 heavy (non-hydrogen) atoms. The molecule has 0 radical (unpaired) electrons. The Bertz CT molecular complexity index is 817. The summed E-state index contributed by atoms with van der Waals surface area (Å²) in [6.07, 6.45) is 0. The number of carbonyl (C=O) groups is 1. The molecule has 1 fully saturated rings. The summed E-state index contributed by atoms with van der Waals surface area (Å²) >= 11 is 0. The maximum Gasteiger partial charge on any atom is 0.234 e. The van der Waals surface area contributed by atoms with Gasteiger partial charge in [0.1, 0.15) is 5.52 Å². The van der Waals surface area contributed by atoms with Crippen molar-refractivity contribution < 1.29 is 13.6 Å². The summed E-state index contributed by atoms with van der Waals surface area (Å²) in [5, 5.41) is 3.51. The lowest BCUT2D eigenvalue weighted by Crippen LogP contribution is -2.50. The monoisotopic (exact) mass is 362 g/mol. The number of aryl methyl sites for hydroxylation is 1. The fourth-order valence-corrected chi connectivity index (χ4v) is 3.32. The molecule has 140 valence electrons. The van der Waals surface area contributed by atoms with Crippen LogP contribution in [0.15, 0.2) is 18.2 Å². The molecule has 1 N–H and O–H groups in total. The molecule has 2 aromatic rings. The van der Waals surface area contributed by atoms with E-state index in [1.165, 1.54) is 0 Å². The van der Waals surface area contributed by atoms with Gasteiger partial charge in [-0.25, -0.2) is 13.8 Å². The number of piperazine rings is 1. The number of aromatic nitrogens is 1. The molecule has 1 aromatic carbocycles. The van der Waals surface area contributed by atoms with Crippen LogP contribution in [-0.4, -0.2) is 54.6 Å². The van der Waals surface area contributed by atoms with Gasteiger partial charge >= 0.3 is 0 Å². The van der Waals surface area contributed by atoms with Crippen LogP contribution in [-0.2, 0) is 4.79 Å². The molecular weight excluding hydrogens is 338 g/mol. The summed E-state index contributed by atoms with van der Waals surface area (Å²) in [6.45, 7) is 8.93. The summed E-state index contributed by atoms with van der Waals surface area (Å²) < 4.78 is 27.7. The van der Waals surface area contributed by atoms with E-state index in [-0.39, 0.29) is 17.5 Å². The van der Waals surface area contributed by atoms with E-state index in [0.717, 1.165) is 24.8 Å². The Hall–Kier alpha value is -2.28. The summed E-state index contributed by atoms with van der Waals surface area (Å²) in [4.78, 5) is 20.3. The summed E-state index contributed by atoms with van der Waals surface area (Å²) in [7, 11) is 0. The zero-order chi connectivity index (χ0) is 18.8. The van der Waals surface area contributed by atoms with E-state index in [2.05, 4.69) is 20.1 Å². The number of rotatable bonds is 4. The highest BCUT2D eigenvalue weighted by molar-refractivity contribution is 5.92. The van der Waals surface area contributed by atoms with Crippen LogP contribution >= 0.6 is 0 Å². The number of halogens is 2. The molecular formula is C19H24F2N4O. The number of fused-ring (bicyclic) bond motifs is 1. The largest absolute Gasteiger partial charge is 0.368 e. The minimum absolute atomic E-state index is 0.0243. The summed E-state index contributed by atoms with van der Waals surface area (Å²) in [5.74, 6) is -1.77. The van der Waals surface area contributed by atoms with Gasteiger partial charge in [-0.2, -0.15) is 0 Å². The van der Waals surface area contributed by atoms with Crippen molar-refractivity contribution in [1.29, 1.82) is 0 Å². The summed E-state index contributed by atoms with van der Waals surface area (Å²) in [5.41, 5.74) is 1.58. The third kappa shape index (κ3) is 3.93. The number of hydrogen-bond donors (Lipinski definition) is 1. The highest BCUT2D eigenvalue weighted by Crippen LogP contribution is 2.30. The number of benzene rings is 1. The van der Waals surface area contributed by atoms with E-state index in [1.54, 1.807) is 13.0 Å². The maximum atomic E-state index is 14.1. The molecule has 7 heteroatoms. The summed E-state index contributed by atoms with van der Waals surface area (Å²) in [6, 6.07) is 4.76. The van der Waals surface area contributed by atoms with Crippen LogP contribution in [0.2, 0.25) is 0 Å². The van der Waals surface area contributed by atoms with Gasteiger partial charge in [0, 0.05) is 49.0 Å². The van der Waals surface area contributed by atoms with Crippen LogP contribution in [0.4, 0.5) is 14.5 Å². The van der Waals surface area contributed by atoms with E-state index in [9.17, 15) is 13.6 Å². The zero-order valence-electron chi connectivity index (χ0n) is 15.4. The Labute approximate surface area is 152 Å². The number of pyridine rings is 1. The first kappa shape index (κ1) is 18.5. The van der Waals surface area contributed by atoms with Gasteiger partial charge in [-0.3, -0.25) is 9.69 Å². The molecule has 0 atom stereocenters. The normalized spacial score (nSPS) is 15.7. The van der Waals surface area contributed by atoms with E-state index in [4.69, 9.17) is 0 Å². The standard InChI is InChI=1S/C19H24F2N4O/c1-12(2)22-17(26)11-24-6-8-25(9-7-24)16-10-13(3)23-19-14(16)4-5-15(20)18(19)21/h4-5,10,12H,6-9,11H2,1-3H3,(H,22,26). The number of nitrogens with zero attached hydrogens (tertiary/aromatic N) is 3. The van der Waals surface area contributed by atoms with Crippen LogP contribution in [0.1, 0.15) is 19.5 Å². The van der Waals surface area contributed by atoms with Crippen molar-refractivity contribution in [3.05, 3.63) is 35.5 Å². The lowest BCUT2D eigenvalue weighted by molar-refractivity contribution is -0.122. The molecule has 1 aliphatic rings. The molecule has 0 unspecified atom stereocenters. The molecule has 1 aliphatic heterocycles. The Morgan fingerprint density at radius 2 is 1.92 bits per heavy atom. The first-order valence-electron chi connectivity index (χ1n) is 8.87. The number of hydrogen-bond acceptors (Lipinski definition) is 4. The van der Waals surface area contributed by atoms with Gasteiger partial charge in [0.15, 0.2) is 11.6 Å². The second-order valence-electron chi connectivity index (χ2n) is 7.03. The SMILES string of the molecule is Cc1cc(N2CCN(CC(=O)NC(C)C)CC2)c2ccc(F)c(F)c2n1. The molecule has 0 saturated carbocycles. The van der Waals surface area contributed by atoms with Crippen molar-refractivity contribution in [2.24, 2.45) is 0 Å². The van der Waals surface area contributed by atoms with E-state index in [0.29, 0.717) is 30.7 Å². The number of amides is 1. The van der Waals surface area contributed by atoms with Gasteiger partial charge in [-0.05, 0) is 39.0 Å². The van der Waals surface area contributed by atoms with Crippen molar-refractivity contribution in [2.45, 2.75) is 26.8 Å². The second kappa shape index (κ2) is 7.53.